The first-order chi connectivity index (χ1) is 17.9. The van der Waals surface area contributed by atoms with Crippen molar-refractivity contribution in [3.63, 3.8) is 0 Å². The number of thiol groups is 1. The molecule has 38 heavy (non-hydrogen) atoms. The molecule has 0 aliphatic carbocycles. The lowest BCUT2D eigenvalue weighted by molar-refractivity contribution is -0.173. The lowest BCUT2D eigenvalue weighted by atomic mass is 9.98. The van der Waals surface area contributed by atoms with Gasteiger partial charge in [0.15, 0.2) is 0 Å². The van der Waals surface area contributed by atoms with Crippen LogP contribution in [0.25, 0.3) is 0 Å². The zero-order valence-electron chi connectivity index (χ0n) is 20.7. The number of nitrogens with zero attached hydrogens (tertiary/aromatic N) is 3. The highest BCUT2D eigenvalue weighted by Crippen LogP contribution is 2.46. The predicted octanol–water partition coefficient (Wildman–Crippen LogP) is 2.29. The number of aromatic nitrogens is 2. The molecule has 2 aliphatic heterocycles. The Bertz CT molecular complexity index is 1360. The lowest BCUT2D eigenvalue weighted by Crippen LogP contribution is -2.70. The van der Waals surface area contributed by atoms with E-state index >= 15 is 0 Å². The second-order valence-corrected chi connectivity index (χ2v) is 14.4. The number of nitrogens with one attached hydrogen (secondary N) is 1. The first-order valence-electron chi connectivity index (χ1n) is 11.2. The molecular weight excluding hydrogens is 593 g/mol. The molecular formula is C22H24N4O7S5. The average molecular weight is 617 g/mol. The molecule has 4 rings (SSSR count). The number of β-lactam (4-membered cyclic amide) rings is 1. The Labute approximate surface area is 239 Å². The number of hydrogen-bond donors (Lipinski definition) is 2. The molecule has 1 fully saturated rings. The SMILES string of the molecule is Cc1nnc(C(S)C2=C(C(=O)OCOC(=O)C(C)(C)C)N3C(=O)C(NC(=O)Cc4csc(=O)s4)C3SC2)s1. The van der Waals surface area contributed by atoms with Crippen molar-refractivity contribution < 1.29 is 28.7 Å². The Kier molecular flexibility index (Phi) is 8.66. The quantitative estimate of drug-likeness (QED) is 0.196. The van der Waals surface area contributed by atoms with Crippen LogP contribution < -0.4 is 9.37 Å². The summed E-state index contributed by atoms with van der Waals surface area (Å²) in [6.45, 7) is 6.18. The van der Waals surface area contributed by atoms with Crippen molar-refractivity contribution in [2.45, 2.75) is 50.8 Å². The fraction of sp³-hybridized carbons (Fsp3) is 0.500. The highest BCUT2D eigenvalue weighted by atomic mass is 32.2. The Morgan fingerprint density at radius 2 is 1.95 bits per heavy atom. The molecule has 2 aromatic rings. The Hall–Kier alpha value is -2.27. The van der Waals surface area contributed by atoms with Gasteiger partial charge >= 0.3 is 11.9 Å². The van der Waals surface area contributed by atoms with Crippen molar-refractivity contribution in [3.8, 4) is 0 Å². The van der Waals surface area contributed by atoms with Crippen molar-refractivity contribution in [3.05, 3.63) is 40.4 Å². The Balaban J connectivity index is 1.53. The second-order valence-electron chi connectivity index (χ2n) is 9.35. The predicted molar refractivity (Wildman–Crippen MR) is 147 cm³/mol. The van der Waals surface area contributed by atoms with E-state index in [0.29, 0.717) is 21.2 Å². The molecule has 3 atom stereocenters. The van der Waals surface area contributed by atoms with Gasteiger partial charge in [0, 0.05) is 16.0 Å². The van der Waals surface area contributed by atoms with Crippen LogP contribution in [0.5, 0.6) is 0 Å². The summed E-state index contributed by atoms with van der Waals surface area (Å²) in [4.78, 5) is 64.3. The van der Waals surface area contributed by atoms with E-state index < -0.39 is 52.6 Å². The average Bonchev–Trinajstić information content (AvgIpc) is 3.47. The molecule has 2 aromatic heterocycles. The molecule has 0 radical (unpaired) electrons. The summed E-state index contributed by atoms with van der Waals surface area (Å²) in [5, 5.41) is 12.6. The molecule has 2 aliphatic rings. The molecule has 2 amide bonds. The van der Waals surface area contributed by atoms with Gasteiger partial charge in [-0.05, 0) is 33.3 Å². The van der Waals surface area contributed by atoms with E-state index in [1.807, 2.05) is 0 Å². The molecule has 204 valence electrons. The lowest BCUT2D eigenvalue weighted by Gasteiger charge is -2.50. The van der Waals surface area contributed by atoms with Crippen LogP contribution in [0, 0.1) is 12.3 Å². The van der Waals surface area contributed by atoms with Crippen LogP contribution in [0.2, 0.25) is 0 Å². The number of esters is 2. The van der Waals surface area contributed by atoms with E-state index in [0.717, 1.165) is 27.7 Å². The maximum atomic E-state index is 13.2. The largest absolute Gasteiger partial charge is 0.427 e. The first kappa shape index (κ1) is 28.7. The third-order valence-corrected chi connectivity index (χ3v) is 10.4. The number of rotatable bonds is 8. The number of carbonyl (C=O) groups is 4. The van der Waals surface area contributed by atoms with Gasteiger partial charge in [-0.2, -0.15) is 12.6 Å². The highest BCUT2D eigenvalue weighted by molar-refractivity contribution is 8.00. The van der Waals surface area contributed by atoms with Crippen molar-refractivity contribution in [2.75, 3.05) is 12.5 Å². The van der Waals surface area contributed by atoms with Crippen molar-refractivity contribution in [1.82, 2.24) is 20.4 Å². The molecule has 11 nitrogen and oxygen atoms in total. The Morgan fingerprint density at radius 1 is 1.21 bits per heavy atom. The maximum absolute atomic E-state index is 13.2. The van der Waals surface area contributed by atoms with Gasteiger partial charge in [-0.25, -0.2) is 4.79 Å². The van der Waals surface area contributed by atoms with E-state index in [-0.39, 0.29) is 16.2 Å². The van der Waals surface area contributed by atoms with Crippen LogP contribution >= 0.6 is 58.4 Å². The van der Waals surface area contributed by atoms with Crippen molar-refractivity contribution in [1.29, 1.82) is 0 Å². The molecule has 1 N–H and O–H groups in total. The summed E-state index contributed by atoms with van der Waals surface area (Å²) in [5.41, 5.74) is -0.299. The normalized spacial score (nSPS) is 19.9. The minimum absolute atomic E-state index is 0.0139. The molecule has 0 spiro atoms. The molecule has 1 saturated heterocycles. The third kappa shape index (κ3) is 6.14. The minimum Gasteiger partial charge on any atom is -0.427 e. The van der Waals surface area contributed by atoms with E-state index in [9.17, 15) is 24.0 Å². The number of fused-ring (bicyclic) bond motifs is 1. The van der Waals surface area contributed by atoms with Crippen LogP contribution in [0.3, 0.4) is 0 Å². The molecule has 3 unspecified atom stereocenters. The molecule has 0 saturated carbocycles. The standard InChI is InChI=1S/C22H24N4O7S5/c1-9-24-25-16(37-9)15(34)11-7-35-18-13(23-12(27)5-10-6-36-21(31)38-10)17(28)26(18)14(11)19(29)32-8-33-20(30)22(2,3)4/h6,13,15,18,34H,5,7-8H2,1-4H3,(H,23,27). The van der Waals surface area contributed by atoms with Crippen molar-refractivity contribution >= 4 is 82.2 Å². The van der Waals surface area contributed by atoms with E-state index in [1.165, 1.54) is 28.0 Å². The zero-order valence-corrected chi connectivity index (χ0v) is 24.9. The van der Waals surface area contributed by atoms with E-state index in [4.69, 9.17) is 9.47 Å². The zero-order chi connectivity index (χ0) is 27.8. The van der Waals surface area contributed by atoms with Crippen LogP contribution in [0.1, 0.15) is 40.9 Å². The molecule has 16 heteroatoms. The van der Waals surface area contributed by atoms with Crippen LogP contribution in [0.4, 0.5) is 0 Å². The summed E-state index contributed by atoms with van der Waals surface area (Å²) in [6.07, 6.45) is -0.0190. The molecule has 4 heterocycles. The topological polar surface area (TPSA) is 145 Å². The molecule has 0 bridgehead atoms. The van der Waals surface area contributed by atoms with Gasteiger partial charge < -0.3 is 14.8 Å². The second kappa shape index (κ2) is 11.5. The van der Waals surface area contributed by atoms with Crippen LogP contribution in [-0.2, 0) is 35.1 Å². The van der Waals surface area contributed by atoms with Gasteiger partial charge in [-0.1, -0.05) is 22.7 Å². The van der Waals surface area contributed by atoms with Gasteiger partial charge in [0.1, 0.15) is 27.1 Å². The monoisotopic (exact) mass is 616 g/mol. The minimum atomic E-state index is -0.854. The van der Waals surface area contributed by atoms with Crippen LogP contribution in [0.15, 0.2) is 21.4 Å². The fourth-order valence-electron chi connectivity index (χ4n) is 3.56. The number of amides is 2. The summed E-state index contributed by atoms with van der Waals surface area (Å²) in [5.74, 6) is -1.98. The van der Waals surface area contributed by atoms with Crippen LogP contribution in [-0.4, -0.2) is 62.8 Å². The van der Waals surface area contributed by atoms with Gasteiger partial charge in [-0.15, -0.1) is 33.3 Å². The number of hydrogen-bond acceptors (Lipinski definition) is 14. The van der Waals surface area contributed by atoms with Crippen molar-refractivity contribution in [2.24, 2.45) is 5.41 Å². The smallest absolute Gasteiger partial charge is 0.358 e. The number of thioether (sulfide) groups is 1. The molecule has 0 aromatic carbocycles. The first-order valence-corrected chi connectivity index (χ1v) is 15.3. The highest BCUT2D eigenvalue weighted by Gasteiger charge is 2.55. The number of ether oxygens (including phenoxy) is 2. The number of carbonyl (C=O) groups excluding carboxylic acids is 4. The van der Waals surface area contributed by atoms with Gasteiger partial charge in [0.25, 0.3) is 9.96 Å². The fourth-order valence-corrected chi connectivity index (χ4v) is 7.94. The van der Waals surface area contributed by atoms with E-state index in [2.05, 4.69) is 28.1 Å². The summed E-state index contributed by atoms with van der Waals surface area (Å²) >= 11 is 9.36. The van der Waals surface area contributed by atoms with Gasteiger partial charge in [-0.3, -0.25) is 24.1 Å². The summed E-state index contributed by atoms with van der Waals surface area (Å²) in [7, 11) is 0. The number of aryl methyl sites for hydroxylation is 1. The van der Waals surface area contributed by atoms with E-state index in [1.54, 1.807) is 33.1 Å². The Morgan fingerprint density at radius 3 is 2.55 bits per heavy atom. The van der Waals surface area contributed by atoms with Gasteiger partial charge in [0.05, 0.1) is 17.1 Å². The third-order valence-electron chi connectivity index (χ3n) is 5.44. The summed E-state index contributed by atoms with van der Waals surface area (Å²) in [6, 6.07) is -0.854. The maximum Gasteiger partial charge on any atom is 0.358 e. The van der Waals surface area contributed by atoms with Gasteiger partial charge in [0.2, 0.25) is 12.7 Å². The summed E-state index contributed by atoms with van der Waals surface area (Å²) < 4.78 is 10.2.